The minimum absolute atomic E-state index is 0.145. The molecular weight excluding hydrogens is 270 g/mol. The maximum Gasteiger partial charge on any atom is 0.292 e. The van der Waals surface area contributed by atoms with Gasteiger partial charge >= 0.3 is 0 Å². The third kappa shape index (κ3) is 6.10. The summed E-state index contributed by atoms with van der Waals surface area (Å²) in [6, 6.07) is 5.40. The predicted molar refractivity (Wildman–Crippen MR) is 84.7 cm³/mol. The summed E-state index contributed by atoms with van der Waals surface area (Å²) in [6.07, 6.45) is 1.88. The third-order valence-corrected chi connectivity index (χ3v) is 3.17. The molecule has 1 N–H and O–H groups in total. The van der Waals surface area contributed by atoms with Crippen molar-refractivity contribution in [1.82, 2.24) is 4.90 Å². The highest BCUT2D eigenvalue weighted by atomic mass is 16.6. The van der Waals surface area contributed by atoms with Gasteiger partial charge < -0.3 is 15.0 Å². The Balaban J connectivity index is 2.71. The van der Waals surface area contributed by atoms with E-state index in [0.29, 0.717) is 12.2 Å². The topological polar surface area (TPSA) is 67.6 Å². The van der Waals surface area contributed by atoms with E-state index in [0.717, 1.165) is 38.1 Å². The summed E-state index contributed by atoms with van der Waals surface area (Å²) in [7, 11) is 3.69. The number of ether oxygens (including phenoxy) is 1. The molecule has 0 aliphatic rings. The van der Waals surface area contributed by atoms with Crippen LogP contribution in [0.25, 0.3) is 0 Å². The van der Waals surface area contributed by atoms with Crippen LogP contribution in [0.1, 0.15) is 25.3 Å². The molecular formula is C15H25N3O3. The number of hydrogen-bond donors (Lipinski definition) is 1. The molecule has 0 amide bonds. The molecule has 21 heavy (non-hydrogen) atoms. The summed E-state index contributed by atoms with van der Waals surface area (Å²) < 4.78 is 5.02. The highest BCUT2D eigenvalue weighted by molar-refractivity contribution is 5.62. The molecule has 1 aromatic rings. The van der Waals surface area contributed by atoms with E-state index in [1.165, 1.54) is 0 Å². The molecule has 118 valence electrons. The van der Waals surface area contributed by atoms with Crippen molar-refractivity contribution in [3.63, 3.8) is 0 Å². The second kappa shape index (κ2) is 9.31. The van der Waals surface area contributed by atoms with Crippen molar-refractivity contribution >= 4 is 11.4 Å². The monoisotopic (exact) mass is 295 g/mol. The first-order valence-electron chi connectivity index (χ1n) is 7.27. The minimum atomic E-state index is -0.327. The lowest BCUT2D eigenvalue weighted by Crippen LogP contribution is -2.20. The normalized spacial score (nSPS) is 10.9. The predicted octanol–water partition coefficient (Wildman–Crippen LogP) is 2.89. The van der Waals surface area contributed by atoms with Crippen LogP contribution in [-0.4, -0.2) is 43.7 Å². The molecule has 0 unspecified atom stereocenters. The van der Waals surface area contributed by atoms with Crippen LogP contribution in [0.2, 0.25) is 0 Å². The minimum Gasteiger partial charge on any atom is -0.385 e. The van der Waals surface area contributed by atoms with Gasteiger partial charge in [0.05, 0.1) is 4.92 Å². The summed E-state index contributed by atoms with van der Waals surface area (Å²) in [4.78, 5) is 13.0. The third-order valence-electron chi connectivity index (χ3n) is 3.17. The Labute approximate surface area is 126 Å². The van der Waals surface area contributed by atoms with Crippen LogP contribution in [0, 0.1) is 10.1 Å². The van der Waals surface area contributed by atoms with Crippen molar-refractivity contribution in [2.45, 2.75) is 26.3 Å². The summed E-state index contributed by atoms with van der Waals surface area (Å²) in [5.74, 6) is 0. The second-order valence-corrected chi connectivity index (χ2v) is 5.12. The highest BCUT2D eigenvalue weighted by Crippen LogP contribution is 2.26. The van der Waals surface area contributed by atoms with Gasteiger partial charge in [-0.15, -0.1) is 0 Å². The van der Waals surface area contributed by atoms with E-state index in [1.807, 2.05) is 20.0 Å². The van der Waals surface area contributed by atoms with Crippen LogP contribution in [-0.2, 0) is 11.3 Å². The first kappa shape index (κ1) is 17.4. The maximum atomic E-state index is 11.2. The smallest absolute Gasteiger partial charge is 0.292 e. The Kier molecular flexibility index (Phi) is 7.71. The van der Waals surface area contributed by atoms with Gasteiger partial charge in [-0.25, -0.2) is 0 Å². The lowest BCUT2D eigenvalue weighted by molar-refractivity contribution is -0.384. The van der Waals surface area contributed by atoms with Gasteiger partial charge in [0.15, 0.2) is 0 Å². The quantitative estimate of drug-likeness (QED) is 0.408. The van der Waals surface area contributed by atoms with Crippen LogP contribution < -0.4 is 5.32 Å². The molecule has 1 aromatic carbocycles. The number of anilines is 1. The molecule has 0 saturated carbocycles. The van der Waals surface area contributed by atoms with Crippen molar-refractivity contribution in [2.24, 2.45) is 0 Å². The molecule has 6 nitrogen and oxygen atoms in total. The van der Waals surface area contributed by atoms with Crippen molar-refractivity contribution in [2.75, 3.05) is 39.2 Å². The maximum absolute atomic E-state index is 11.2. The van der Waals surface area contributed by atoms with E-state index in [4.69, 9.17) is 4.74 Å². The first-order chi connectivity index (χ1) is 10.1. The summed E-state index contributed by atoms with van der Waals surface area (Å²) in [5, 5.41) is 14.3. The molecule has 0 aromatic heterocycles. The number of nitrogens with zero attached hydrogens (tertiary/aromatic N) is 2. The highest BCUT2D eigenvalue weighted by Gasteiger charge is 2.14. The SMILES string of the molecule is CCCNc1ccc(CN(C)CCCOC)cc1[N+](=O)[O-]. The average Bonchev–Trinajstić information content (AvgIpc) is 2.46. The largest absolute Gasteiger partial charge is 0.385 e. The van der Waals surface area contributed by atoms with Crippen molar-refractivity contribution < 1.29 is 9.66 Å². The van der Waals surface area contributed by atoms with Gasteiger partial charge in [0, 0.05) is 39.4 Å². The summed E-state index contributed by atoms with van der Waals surface area (Å²) >= 11 is 0. The molecule has 0 heterocycles. The van der Waals surface area contributed by atoms with E-state index < -0.39 is 0 Å². The zero-order valence-electron chi connectivity index (χ0n) is 13.1. The molecule has 0 aliphatic carbocycles. The molecule has 0 atom stereocenters. The van der Waals surface area contributed by atoms with Crippen LogP contribution >= 0.6 is 0 Å². The molecule has 0 bridgehead atoms. The number of methoxy groups -OCH3 is 1. The molecule has 0 spiro atoms. The number of nitro groups is 1. The summed E-state index contributed by atoms with van der Waals surface area (Å²) in [5.41, 5.74) is 1.68. The lowest BCUT2D eigenvalue weighted by atomic mass is 10.1. The van der Waals surface area contributed by atoms with Crippen molar-refractivity contribution in [3.05, 3.63) is 33.9 Å². The Morgan fingerprint density at radius 1 is 1.43 bits per heavy atom. The lowest BCUT2D eigenvalue weighted by Gasteiger charge is -2.16. The summed E-state index contributed by atoms with van der Waals surface area (Å²) in [6.45, 7) is 5.08. The van der Waals surface area contributed by atoms with Crippen LogP contribution in [0.15, 0.2) is 18.2 Å². The van der Waals surface area contributed by atoms with Crippen LogP contribution in [0.4, 0.5) is 11.4 Å². The second-order valence-electron chi connectivity index (χ2n) is 5.12. The van der Waals surface area contributed by atoms with Crippen molar-refractivity contribution in [1.29, 1.82) is 0 Å². The Bertz CT molecular complexity index is 452. The van der Waals surface area contributed by atoms with E-state index in [2.05, 4.69) is 10.2 Å². The fraction of sp³-hybridized carbons (Fsp3) is 0.600. The number of rotatable bonds is 10. The first-order valence-corrected chi connectivity index (χ1v) is 7.27. The fourth-order valence-corrected chi connectivity index (χ4v) is 2.11. The number of hydrogen-bond acceptors (Lipinski definition) is 5. The Hall–Kier alpha value is -1.66. The van der Waals surface area contributed by atoms with Gasteiger partial charge in [-0.1, -0.05) is 13.0 Å². The van der Waals surface area contributed by atoms with Gasteiger partial charge in [0.25, 0.3) is 5.69 Å². The number of benzene rings is 1. The van der Waals surface area contributed by atoms with Gasteiger partial charge in [0.2, 0.25) is 0 Å². The van der Waals surface area contributed by atoms with E-state index in [1.54, 1.807) is 19.2 Å². The van der Waals surface area contributed by atoms with E-state index in [-0.39, 0.29) is 10.6 Å². The molecule has 0 radical (unpaired) electrons. The van der Waals surface area contributed by atoms with Gasteiger partial charge in [-0.05, 0) is 31.5 Å². The molecule has 6 heteroatoms. The fourth-order valence-electron chi connectivity index (χ4n) is 2.11. The Morgan fingerprint density at radius 2 is 2.19 bits per heavy atom. The molecule has 1 rings (SSSR count). The number of nitrogens with one attached hydrogen (secondary N) is 1. The van der Waals surface area contributed by atoms with Crippen LogP contribution in [0.3, 0.4) is 0 Å². The molecule has 0 saturated heterocycles. The van der Waals surface area contributed by atoms with Crippen LogP contribution in [0.5, 0.6) is 0 Å². The zero-order chi connectivity index (χ0) is 15.7. The standard InChI is InChI=1S/C15H25N3O3/c1-4-8-16-14-7-6-13(11-15(14)18(19)20)12-17(2)9-5-10-21-3/h6-7,11,16H,4-5,8-10,12H2,1-3H3. The number of nitro benzene ring substituents is 1. The zero-order valence-corrected chi connectivity index (χ0v) is 13.1. The van der Waals surface area contributed by atoms with E-state index >= 15 is 0 Å². The molecule has 0 fully saturated rings. The van der Waals surface area contributed by atoms with Gasteiger partial charge in [0.1, 0.15) is 5.69 Å². The average molecular weight is 295 g/mol. The molecule has 0 aliphatic heterocycles. The van der Waals surface area contributed by atoms with Crippen molar-refractivity contribution in [3.8, 4) is 0 Å². The van der Waals surface area contributed by atoms with E-state index in [9.17, 15) is 10.1 Å². The van der Waals surface area contributed by atoms with Gasteiger partial charge in [-0.3, -0.25) is 10.1 Å². The van der Waals surface area contributed by atoms with Gasteiger partial charge in [-0.2, -0.15) is 0 Å². The Morgan fingerprint density at radius 3 is 2.81 bits per heavy atom.